The number of benzene rings is 1. The van der Waals surface area contributed by atoms with E-state index >= 15 is 0 Å². The van der Waals surface area contributed by atoms with Crippen LogP contribution in [0.15, 0.2) is 24.3 Å². The van der Waals surface area contributed by atoms with Crippen LogP contribution < -0.4 is 0 Å². The number of carbonyl (C=O) groups is 1. The van der Waals surface area contributed by atoms with Crippen molar-refractivity contribution in [3.05, 3.63) is 35.4 Å². The summed E-state index contributed by atoms with van der Waals surface area (Å²) in [5.41, 5.74) is 0.927. The van der Waals surface area contributed by atoms with Gasteiger partial charge in [-0.05, 0) is 23.6 Å². The summed E-state index contributed by atoms with van der Waals surface area (Å²) < 4.78 is 0. The molecular weight excluding hydrogens is 250 g/mol. The molecule has 0 spiro atoms. The summed E-state index contributed by atoms with van der Waals surface area (Å²) in [7, 11) is 0. The van der Waals surface area contributed by atoms with E-state index in [1.807, 2.05) is 26.0 Å². The fourth-order valence-electron chi connectivity index (χ4n) is 2.04. The summed E-state index contributed by atoms with van der Waals surface area (Å²) in [6.07, 6.45) is 0. The summed E-state index contributed by atoms with van der Waals surface area (Å²) in [6.45, 7) is 4.77. The van der Waals surface area contributed by atoms with Crippen LogP contribution in [0.2, 0.25) is 0 Å². The largest absolute Gasteiger partial charge is 0.386 e. The predicted octanol–water partition coefficient (Wildman–Crippen LogP) is 2.27. The first-order chi connectivity index (χ1) is 8.46. The number of hydrogen-bond acceptors (Lipinski definition) is 2. The number of rotatable bonds is 3. The molecule has 0 bridgehead atoms. The van der Waals surface area contributed by atoms with Crippen molar-refractivity contribution < 1.29 is 9.90 Å². The minimum Gasteiger partial charge on any atom is -0.386 e. The molecule has 3 nitrogen and oxygen atoms in total. The Morgan fingerprint density at radius 3 is 2.39 bits per heavy atom. The van der Waals surface area contributed by atoms with Crippen LogP contribution in [0.4, 0.5) is 0 Å². The Hall–Kier alpha value is -1.06. The van der Waals surface area contributed by atoms with Gasteiger partial charge in [0.05, 0.1) is 13.1 Å². The Morgan fingerprint density at radius 2 is 1.94 bits per heavy atom. The van der Waals surface area contributed by atoms with E-state index in [0.717, 1.165) is 5.56 Å². The molecule has 1 N–H and O–H groups in total. The van der Waals surface area contributed by atoms with Gasteiger partial charge in [-0.2, -0.15) is 0 Å². The lowest BCUT2D eigenvalue weighted by atomic mass is 9.82. The van der Waals surface area contributed by atoms with Crippen LogP contribution in [0.3, 0.4) is 0 Å². The lowest BCUT2D eigenvalue weighted by Gasteiger charge is -2.49. The van der Waals surface area contributed by atoms with Crippen LogP contribution in [0.5, 0.6) is 0 Å². The molecule has 1 aliphatic rings. The average molecular weight is 268 g/mol. The van der Waals surface area contributed by atoms with E-state index in [1.165, 1.54) is 0 Å². The van der Waals surface area contributed by atoms with E-state index in [4.69, 9.17) is 11.6 Å². The van der Waals surface area contributed by atoms with Gasteiger partial charge in [-0.25, -0.2) is 0 Å². The van der Waals surface area contributed by atoms with E-state index in [0.29, 0.717) is 24.5 Å². The summed E-state index contributed by atoms with van der Waals surface area (Å²) in [5, 5.41) is 10.1. The zero-order chi connectivity index (χ0) is 13.3. The van der Waals surface area contributed by atoms with Gasteiger partial charge in [0.2, 0.25) is 0 Å². The Morgan fingerprint density at radius 1 is 1.39 bits per heavy atom. The van der Waals surface area contributed by atoms with E-state index in [-0.39, 0.29) is 11.8 Å². The maximum atomic E-state index is 12.1. The van der Waals surface area contributed by atoms with Crippen LogP contribution in [0, 0.1) is 5.92 Å². The fourth-order valence-corrected chi connectivity index (χ4v) is 2.22. The molecule has 0 aromatic heterocycles. The molecule has 1 saturated heterocycles. The lowest BCUT2D eigenvalue weighted by Crippen LogP contribution is -2.65. The third-order valence-corrected chi connectivity index (χ3v) is 3.96. The average Bonchev–Trinajstić information content (AvgIpc) is 2.34. The quantitative estimate of drug-likeness (QED) is 0.854. The zero-order valence-corrected chi connectivity index (χ0v) is 11.4. The first-order valence-electron chi connectivity index (χ1n) is 6.13. The third kappa shape index (κ3) is 2.38. The normalized spacial score (nSPS) is 17.7. The Labute approximate surface area is 112 Å². The molecule has 1 amide bonds. The van der Waals surface area contributed by atoms with Crippen molar-refractivity contribution in [3.8, 4) is 0 Å². The monoisotopic (exact) mass is 267 g/mol. The molecule has 1 heterocycles. The molecule has 1 fully saturated rings. The highest BCUT2D eigenvalue weighted by Gasteiger charge is 2.45. The molecule has 2 rings (SSSR count). The van der Waals surface area contributed by atoms with Gasteiger partial charge < -0.3 is 10.0 Å². The van der Waals surface area contributed by atoms with E-state index in [1.54, 1.807) is 17.0 Å². The van der Waals surface area contributed by atoms with Gasteiger partial charge in [0.15, 0.2) is 0 Å². The molecular formula is C14H18ClNO2. The molecule has 0 saturated carbocycles. The van der Waals surface area contributed by atoms with Crippen molar-refractivity contribution in [1.82, 2.24) is 4.90 Å². The number of β-amino-alcohol motifs (C(OH)–C–C–N with tert-alkyl or cyclic N) is 1. The summed E-state index contributed by atoms with van der Waals surface area (Å²) in [6, 6.07) is 7.28. The molecule has 0 aliphatic carbocycles. The highest BCUT2D eigenvalue weighted by molar-refractivity contribution is 6.17. The van der Waals surface area contributed by atoms with Gasteiger partial charge in [0.25, 0.3) is 5.91 Å². The molecule has 4 heteroatoms. The van der Waals surface area contributed by atoms with Crippen LogP contribution in [-0.2, 0) is 5.88 Å². The number of halogens is 1. The van der Waals surface area contributed by atoms with Gasteiger partial charge in [-0.3, -0.25) is 4.79 Å². The van der Waals surface area contributed by atoms with Crippen LogP contribution in [0.1, 0.15) is 29.8 Å². The van der Waals surface area contributed by atoms with Crippen LogP contribution in [-0.4, -0.2) is 34.6 Å². The van der Waals surface area contributed by atoms with Gasteiger partial charge in [-0.1, -0.05) is 26.0 Å². The maximum absolute atomic E-state index is 12.1. The summed E-state index contributed by atoms with van der Waals surface area (Å²) >= 11 is 5.70. The van der Waals surface area contributed by atoms with Gasteiger partial charge in [-0.15, -0.1) is 11.6 Å². The first-order valence-corrected chi connectivity index (χ1v) is 6.66. The van der Waals surface area contributed by atoms with Crippen molar-refractivity contribution in [2.75, 3.05) is 13.1 Å². The SMILES string of the molecule is CC(C)C1(O)CN(C(=O)c2ccc(CCl)cc2)C1. The first kappa shape index (κ1) is 13.4. The fraction of sp³-hybridized carbons (Fsp3) is 0.500. The molecule has 0 unspecified atom stereocenters. The van der Waals surface area contributed by atoms with Gasteiger partial charge in [0.1, 0.15) is 5.60 Å². The molecule has 98 valence electrons. The molecule has 1 aliphatic heterocycles. The van der Waals surface area contributed by atoms with Gasteiger partial charge in [0, 0.05) is 11.4 Å². The van der Waals surface area contributed by atoms with Crippen molar-refractivity contribution in [2.24, 2.45) is 5.92 Å². The molecule has 1 aromatic rings. The third-order valence-electron chi connectivity index (χ3n) is 3.65. The summed E-state index contributed by atoms with van der Waals surface area (Å²) in [5.74, 6) is 0.590. The number of carbonyl (C=O) groups excluding carboxylic acids is 1. The number of likely N-dealkylation sites (tertiary alicyclic amines) is 1. The molecule has 0 atom stereocenters. The lowest BCUT2D eigenvalue weighted by molar-refractivity contribution is -0.110. The number of aliphatic hydroxyl groups is 1. The second-order valence-electron chi connectivity index (χ2n) is 5.25. The second-order valence-corrected chi connectivity index (χ2v) is 5.52. The van der Waals surface area contributed by atoms with Crippen molar-refractivity contribution >= 4 is 17.5 Å². The highest BCUT2D eigenvalue weighted by atomic mass is 35.5. The van der Waals surface area contributed by atoms with E-state index in [2.05, 4.69) is 0 Å². The summed E-state index contributed by atoms with van der Waals surface area (Å²) in [4.78, 5) is 13.8. The number of hydrogen-bond donors (Lipinski definition) is 1. The maximum Gasteiger partial charge on any atom is 0.254 e. The second kappa shape index (κ2) is 4.90. The van der Waals surface area contributed by atoms with E-state index < -0.39 is 5.60 Å². The van der Waals surface area contributed by atoms with Crippen molar-refractivity contribution in [2.45, 2.75) is 25.3 Å². The highest BCUT2D eigenvalue weighted by Crippen LogP contribution is 2.29. The smallest absolute Gasteiger partial charge is 0.254 e. The number of alkyl halides is 1. The number of nitrogens with zero attached hydrogens (tertiary/aromatic N) is 1. The number of amides is 1. The Balaban J connectivity index is 2.01. The minimum atomic E-state index is -0.717. The predicted molar refractivity (Wildman–Crippen MR) is 71.7 cm³/mol. The van der Waals surface area contributed by atoms with Crippen LogP contribution in [0.25, 0.3) is 0 Å². The standard InChI is InChI=1S/C14H18ClNO2/c1-10(2)14(18)8-16(9-14)13(17)12-5-3-11(7-15)4-6-12/h3-6,10,18H,7-9H2,1-2H3. The van der Waals surface area contributed by atoms with Crippen LogP contribution >= 0.6 is 11.6 Å². The molecule has 1 aromatic carbocycles. The molecule has 0 radical (unpaired) electrons. The van der Waals surface area contributed by atoms with Gasteiger partial charge >= 0.3 is 0 Å². The Bertz CT molecular complexity index is 436. The van der Waals surface area contributed by atoms with Crippen molar-refractivity contribution in [3.63, 3.8) is 0 Å². The molecule has 18 heavy (non-hydrogen) atoms. The Kier molecular flexibility index (Phi) is 3.64. The minimum absolute atomic E-state index is 0.0264. The topological polar surface area (TPSA) is 40.5 Å². The zero-order valence-electron chi connectivity index (χ0n) is 10.7. The van der Waals surface area contributed by atoms with Crippen molar-refractivity contribution in [1.29, 1.82) is 0 Å². The van der Waals surface area contributed by atoms with E-state index in [9.17, 15) is 9.90 Å².